The van der Waals surface area contributed by atoms with Gasteiger partial charge in [-0.3, -0.25) is 0 Å². The number of nitrogens with one attached hydrogen (secondary N) is 1. The number of rotatable bonds is 4. The molecule has 0 bridgehead atoms. The minimum absolute atomic E-state index is 0.256. The standard InChI is InChI=1S/C15H29NO/c1-4-14(2,3)12-16-13-7-10-17-15(11-13)8-5-6-9-15/h13,16H,4-12H2,1-3H3. The highest BCUT2D eigenvalue weighted by Crippen LogP contribution is 2.40. The Kier molecular flexibility index (Phi) is 4.14. The lowest BCUT2D eigenvalue weighted by Crippen LogP contribution is -2.47. The normalized spacial score (nSPS) is 28.8. The molecule has 0 radical (unpaired) electrons. The van der Waals surface area contributed by atoms with Crippen LogP contribution in [0.4, 0.5) is 0 Å². The van der Waals surface area contributed by atoms with Crippen LogP contribution in [0.15, 0.2) is 0 Å². The molecule has 0 aromatic carbocycles. The molecule has 1 N–H and O–H groups in total. The lowest BCUT2D eigenvalue weighted by Gasteiger charge is -2.39. The molecule has 1 unspecified atom stereocenters. The van der Waals surface area contributed by atoms with Gasteiger partial charge >= 0.3 is 0 Å². The Labute approximate surface area is 107 Å². The molecule has 2 rings (SSSR count). The molecule has 17 heavy (non-hydrogen) atoms. The van der Waals surface area contributed by atoms with Gasteiger partial charge in [-0.2, -0.15) is 0 Å². The van der Waals surface area contributed by atoms with Crippen molar-refractivity contribution in [3.63, 3.8) is 0 Å². The maximum atomic E-state index is 6.07. The van der Waals surface area contributed by atoms with E-state index in [4.69, 9.17) is 4.74 Å². The van der Waals surface area contributed by atoms with E-state index in [1.54, 1.807) is 0 Å². The fourth-order valence-electron chi connectivity index (χ4n) is 3.12. The van der Waals surface area contributed by atoms with Crippen LogP contribution in [0.2, 0.25) is 0 Å². The van der Waals surface area contributed by atoms with E-state index in [-0.39, 0.29) is 5.60 Å². The average Bonchev–Trinajstić information content (AvgIpc) is 2.75. The van der Waals surface area contributed by atoms with Gasteiger partial charge in [-0.25, -0.2) is 0 Å². The van der Waals surface area contributed by atoms with Crippen LogP contribution in [0.5, 0.6) is 0 Å². The second-order valence-corrected chi connectivity index (χ2v) is 6.83. The van der Waals surface area contributed by atoms with Crippen molar-refractivity contribution in [3.8, 4) is 0 Å². The Morgan fingerprint density at radius 3 is 2.65 bits per heavy atom. The second kappa shape index (κ2) is 5.27. The van der Waals surface area contributed by atoms with Crippen molar-refractivity contribution in [1.29, 1.82) is 0 Å². The largest absolute Gasteiger partial charge is 0.375 e. The van der Waals surface area contributed by atoms with Crippen LogP contribution in [0.1, 0.15) is 65.7 Å². The third kappa shape index (κ3) is 3.45. The molecule has 100 valence electrons. The maximum Gasteiger partial charge on any atom is 0.0697 e. The zero-order chi connectivity index (χ0) is 12.4. The van der Waals surface area contributed by atoms with Gasteiger partial charge in [0.1, 0.15) is 0 Å². The van der Waals surface area contributed by atoms with Crippen LogP contribution in [0, 0.1) is 5.41 Å². The van der Waals surface area contributed by atoms with E-state index >= 15 is 0 Å². The van der Waals surface area contributed by atoms with Crippen molar-refractivity contribution in [1.82, 2.24) is 5.32 Å². The summed E-state index contributed by atoms with van der Waals surface area (Å²) < 4.78 is 6.07. The summed E-state index contributed by atoms with van der Waals surface area (Å²) in [4.78, 5) is 0. The summed E-state index contributed by atoms with van der Waals surface area (Å²) in [5.74, 6) is 0. The number of ether oxygens (including phenoxy) is 1. The monoisotopic (exact) mass is 239 g/mol. The van der Waals surface area contributed by atoms with Crippen molar-refractivity contribution in [2.45, 2.75) is 77.4 Å². The zero-order valence-corrected chi connectivity index (χ0v) is 11.8. The molecule has 1 saturated heterocycles. The Balaban J connectivity index is 1.81. The molecular formula is C15H29NO. The molecule has 0 aromatic rings. The summed E-state index contributed by atoms with van der Waals surface area (Å²) in [6, 6.07) is 0.688. The van der Waals surface area contributed by atoms with Crippen LogP contribution in [-0.2, 0) is 4.74 Å². The van der Waals surface area contributed by atoms with Crippen LogP contribution < -0.4 is 5.32 Å². The molecule has 1 atom stereocenters. The van der Waals surface area contributed by atoms with Crippen LogP contribution >= 0.6 is 0 Å². The number of hydrogen-bond acceptors (Lipinski definition) is 2. The Bertz CT molecular complexity index is 243. The van der Waals surface area contributed by atoms with Gasteiger partial charge in [0.05, 0.1) is 5.60 Å². The number of hydrogen-bond donors (Lipinski definition) is 1. The van der Waals surface area contributed by atoms with Gasteiger partial charge in [0.25, 0.3) is 0 Å². The minimum atomic E-state index is 0.256. The molecule has 1 aliphatic heterocycles. The van der Waals surface area contributed by atoms with Crippen molar-refractivity contribution < 1.29 is 4.74 Å². The van der Waals surface area contributed by atoms with Crippen LogP contribution in [0.25, 0.3) is 0 Å². The topological polar surface area (TPSA) is 21.3 Å². The van der Waals surface area contributed by atoms with Gasteiger partial charge in [-0.05, 0) is 37.5 Å². The summed E-state index contributed by atoms with van der Waals surface area (Å²) in [6.07, 6.45) is 9.01. The predicted octanol–water partition coefficient (Wildman–Crippen LogP) is 3.50. The summed E-state index contributed by atoms with van der Waals surface area (Å²) in [6.45, 7) is 9.09. The first kappa shape index (κ1) is 13.4. The average molecular weight is 239 g/mol. The lowest BCUT2D eigenvalue weighted by atomic mass is 9.86. The van der Waals surface area contributed by atoms with Crippen LogP contribution in [0.3, 0.4) is 0 Å². The van der Waals surface area contributed by atoms with E-state index in [1.807, 2.05) is 0 Å². The molecule has 0 aromatic heterocycles. The highest BCUT2D eigenvalue weighted by atomic mass is 16.5. The van der Waals surface area contributed by atoms with Gasteiger partial charge in [-0.1, -0.05) is 33.6 Å². The predicted molar refractivity (Wildman–Crippen MR) is 72.2 cm³/mol. The van der Waals surface area contributed by atoms with Gasteiger partial charge in [0.15, 0.2) is 0 Å². The van der Waals surface area contributed by atoms with E-state index in [2.05, 4.69) is 26.1 Å². The highest BCUT2D eigenvalue weighted by molar-refractivity contribution is 4.93. The van der Waals surface area contributed by atoms with E-state index in [0.717, 1.165) is 13.2 Å². The Hall–Kier alpha value is -0.0800. The summed E-state index contributed by atoms with van der Waals surface area (Å²) >= 11 is 0. The fraction of sp³-hybridized carbons (Fsp3) is 1.00. The molecule has 1 aliphatic carbocycles. The molecule has 1 heterocycles. The SMILES string of the molecule is CCC(C)(C)CNC1CCOC2(CCCC2)C1. The van der Waals surface area contributed by atoms with E-state index < -0.39 is 0 Å². The molecule has 2 nitrogen and oxygen atoms in total. The highest BCUT2D eigenvalue weighted by Gasteiger charge is 2.39. The summed E-state index contributed by atoms with van der Waals surface area (Å²) in [5, 5.41) is 3.78. The van der Waals surface area contributed by atoms with Crippen molar-refractivity contribution in [2.75, 3.05) is 13.2 Å². The first-order chi connectivity index (χ1) is 8.05. The van der Waals surface area contributed by atoms with Gasteiger partial charge in [-0.15, -0.1) is 0 Å². The van der Waals surface area contributed by atoms with E-state index in [1.165, 1.54) is 44.9 Å². The van der Waals surface area contributed by atoms with Gasteiger partial charge < -0.3 is 10.1 Å². The first-order valence-corrected chi connectivity index (χ1v) is 7.43. The van der Waals surface area contributed by atoms with Crippen molar-refractivity contribution >= 4 is 0 Å². The molecular weight excluding hydrogens is 210 g/mol. The molecule has 2 heteroatoms. The minimum Gasteiger partial charge on any atom is -0.375 e. The molecule has 1 saturated carbocycles. The van der Waals surface area contributed by atoms with Gasteiger partial charge in [0.2, 0.25) is 0 Å². The fourth-order valence-corrected chi connectivity index (χ4v) is 3.12. The molecule has 2 aliphatic rings. The second-order valence-electron chi connectivity index (χ2n) is 6.83. The lowest BCUT2D eigenvalue weighted by molar-refractivity contribution is -0.0843. The maximum absolute atomic E-state index is 6.07. The Morgan fingerprint density at radius 2 is 2.00 bits per heavy atom. The molecule has 2 fully saturated rings. The summed E-state index contributed by atoms with van der Waals surface area (Å²) in [5.41, 5.74) is 0.688. The third-order valence-corrected chi connectivity index (χ3v) is 4.83. The molecule has 0 amide bonds. The van der Waals surface area contributed by atoms with E-state index in [9.17, 15) is 0 Å². The van der Waals surface area contributed by atoms with Crippen molar-refractivity contribution in [2.24, 2.45) is 5.41 Å². The van der Waals surface area contributed by atoms with Crippen molar-refractivity contribution in [3.05, 3.63) is 0 Å². The van der Waals surface area contributed by atoms with Gasteiger partial charge in [0, 0.05) is 19.2 Å². The smallest absolute Gasteiger partial charge is 0.0697 e. The van der Waals surface area contributed by atoms with E-state index in [0.29, 0.717) is 11.5 Å². The summed E-state index contributed by atoms with van der Waals surface area (Å²) in [7, 11) is 0. The Morgan fingerprint density at radius 1 is 1.29 bits per heavy atom. The van der Waals surface area contributed by atoms with Crippen LogP contribution in [-0.4, -0.2) is 24.8 Å². The third-order valence-electron chi connectivity index (χ3n) is 4.83. The quantitative estimate of drug-likeness (QED) is 0.810. The zero-order valence-electron chi connectivity index (χ0n) is 11.8. The molecule has 1 spiro atoms. The first-order valence-electron chi connectivity index (χ1n) is 7.43.